The van der Waals surface area contributed by atoms with Crippen LogP contribution in [0.15, 0.2) is 36.4 Å². The molecular weight excluding hydrogens is 349 g/mol. The summed E-state index contributed by atoms with van der Waals surface area (Å²) < 4.78 is 27.4. The Bertz CT molecular complexity index is 570. The maximum Gasteiger partial charge on any atom is 0.197 e. The SMILES string of the molecule is Cc1cccc(C(=O)c2cccc(F)c2F)c1I. The molecule has 2 aromatic carbocycles. The summed E-state index contributed by atoms with van der Waals surface area (Å²) in [5.74, 6) is -2.61. The van der Waals surface area contributed by atoms with Gasteiger partial charge in [0.1, 0.15) is 0 Å². The Labute approximate surface area is 117 Å². The van der Waals surface area contributed by atoms with Gasteiger partial charge in [0, 0.05) is 9.13 Å². The highest BCUT2D eigenvalue weighted by Gasteiger charge is 2.19. The minimum atomic E-state index is -1.10. The minimum absolute atomic E-state index is 0.237. The number of hydrogen-bond acceptors (Lipinski definition) is 1. The zero-order chi connectivity index (χ0) is 13.3. The van der Waals surface area contributed by atoms with E-state index in [9.17, 15) is 13.6 Å². The second-order valence-corrected chi connectivity index (χ2v) is 4.95. The quantitative estimate of drug-likeness (QED) is 0.583. The van der Waals surface area contributed by atoms with Crippen LogP contribution in [0.4, 0.5) is 8.78 Å². The highest BCUT2D eigenvalue weighted by molar-refractivity contribution is 14.1. The lowest BCUT2D eigenvalue weighted by atomic mass is 10.0. The summed E-state index contributed by atoms with van der Waals surface area (Å²) in [6.45, 7) is 1.86. The summed E-state index contributed by atoms with van der Waals surface area (Å²) in [6.07, 6.45) is 0. The predicted molar refractivity (Wildman–Crippen MR) is 73.7 cm³/mol. The molecule has 0 heterocycles. The first-order chi connectivity index (χ1) is 8.52. The summed E-state index contributed by atoms with van der Waals surface area (Å²) in [5.41, 5.74) is 1.08. The first kappa shape index (κ1) is 13.1. The van der Waals surface area contributed by atoms with E-state index in [-0.39, 0.29) is 5.56 Å². The molecule has 0 unspecified atom stereocenters. The average Bonchev–Trinajstić information content (AvgIpc) is 2.35. The molecule has 0 aliphatic carbocycles. The molecule has 4 heteroatoms. The fraction of sp³-hybridized carbons (Fsp3) is 0.0714. The molecule has 0 aliphatic rings. The van der Waals surface area contributed by atoms with Crippen molar-refractivity contribution in [1.82, 2.24) is 0 Å². The first-order valence-corrected chi connectivity index (χ1v) is 6.34. The molecule has 18 heavy (non-hydrogen) atoms. The molecule has 92 valence electrons. The van der Waals surface area contributed by atoms with Gasteiger partial charge in [0.25, 0.3) is 0 Å². The first-order valence-electron chi connectivity index (χ1n) is 5.26. The van der Waals surface area contributed by atoms with Gasteiger partial charge >= 0.3 is 0 Å². The van der Waals surface area contributed by atoms with Crippen LogP contribution in [0.25, 0.3) is 0 Å². The van der Waals surface area contributed by atoms with Gasteiger partial charge in [-0.05, 0) is 53.3 Å². The number of hydrogen-bond donors (Lipinski definition) is 0. The third-order valence-corrected chi connectivity index (χ3v) is 4.06. The largest absolute Gasteiger partial charge is 0.288 e. The third-order valence-electron chi connectivity index (χ3n) is 2.63. The van der Waals surface area contributed by atoms with Crippen molar-refractivity contribution in [2.75, 3.05) is 0 Å². The molecule has 0 amide bonds. The van der Waals surface area contributed by atoms with E-state index in [1.165, 1.54) is 12.1 Å². The van der Waals surface area contributed by atoms with Gasteiger partial charge in [-0.1, -0.05) is 18.2 Å². The molecule has 0 bridgehead atoms. The van der Waals surface area contributed by atoms with Gasteiger partial charge < -0.3 is 0 Å². The Balaban J connectivity index is 2.55. The molecule has 2 aromatic rings. The number of carbonyl (C=O) groups is 1. The van der Waals surface area contributed by atoms with Crippen LogP contribution in [0.2, 0.25) is 0 Å². The molecule has 1 nitrogen and oxygen atoms in total. The van der Waals surface area contributed by atoms with E-state index in [4.69, 9.17) is 0 Å². The maximum absolute atomic E-state index is 13.6. The van der Waals surface area contributed by atoms with Gasteiger partial charge in [-0.2, -0.15) is 0 Å². The second kappa shape index (κ2) is 5.14. The number of rotatable bonds is 2. The van der Waals surface area contributed by atoms with Crippen LogP contribution in [0.3, 0.4) is 0 Å². The fourth-order valence-corrected chi connectivity index (χ4v) is 2.25. The lowest BCUT2D eigenvalue weighted by molar-refractivity contribution is 0.103. The molecular formula is C14H9F2IO. The van der Waals surface area contributed by atoms with Crippen LogP contribution < -0.4 is 0 Å². The number of benzene rings is 2. The smallest absolute Gasteiger partial charge is 0.197 e. The van der Waals surface area contributed by atoms with Crippen molar-refractivity contribution in [3.05, 3.63) is 68.3 Å². The van der Waals surface area contributed by atoms with E-state index in [0.717, 1.165) is 15.2 Å². The van der Waals surface area contributed by atoms with Crippen molar-refractivity contribution in [2.45, 2.75) is 6.92 Å². The molecule has 0 aliphatic heterocycles. The number of halogens is 3. The van der Waals surface area contributed by atoms with Crippen molar-refractivity contribution >= 4 is 28.4 Å². The van der Waals surface area contributed by atoms with Gasteiger partial charge in [0.15, 0.2) is 17.4 Å². The summed E-state index contributed by atoms with van der Waals surface area (Å²) in [7, 11) is 0. The molecule has 0 saturated heterocycles. The van der Waals surface area contributed by atoms with Gasteiger partial charge in [0.2, 0.25) is 0 Å². The molecule has 0 saturated carbocycles. The summed E-state index contributed by atoms with van der Waals surface area (Å²) in [6, 6.07) is 8.81. The molecule has 2 rings (SSSR count). The van der Waals surface area contributed by atoms with Crippen LogP contribution in [-0.2, 0) is 0 Å². The fourth-order valence-electron chi connectivity index (χ4n) is 1.65. The predicted octanol–water partition coefficient (Wildman–Crippen LogP) is 4.11. The molecule has 0 spiro atoms. The van der Waals surface area contributed by atoms with Crippen molar-refractivity contribution in [2.24, 2.45) is 0 Å². The van der Waals surface area contributed by atoms with Crippen LogP contribution >= 0.6 is 22.6 Å². The standard InChI is InChI=1S/C14H9F2IO/c1-8-4-2-6-10(13(8)17)14(18)9-5-3-7-11(15)12(9)16/h2-7H,1H3. The van der Waals surface area contributed by atoms with Crippen LogP contribution in [-0.4, -0.2) is 5.78 Å². The van der Waals surface area contributed by atoms with Crippen molar-refractivity contribution < 1.29 is 13.6 Å². The highest BCUT2D eigenvalue weighted by Crippen LogP contribution is 2.22. The topological polar surface area (TPSA) is 17.1 Å². The molecule has 0 aromatic heterocycles. The van der Waals surface area contributed by atoms with E-state index >= 15 is 0 Å². The van der Waals surface area contributed by atoms with E-state index in [1.54, 1.807) is 12.1 Å². The summed E-state index contributed by atoms with van der Waals surface area (Å²) in [4.78, 5) is 12.2. The third kappa shape index (κ3) is 2.29. The van der Waals surface area contributed by atoms with Gasteiger partial charge in [-0.25, -0.2) is 8.78 Å². The average molecular weight is 358 g/mol. The lowest BCUT2D eigenvalue weighted by Crippen LogP contribution is -2.08. The van der Waals surface area contributed by atoms with E-state index in [0.29, 0.717) is 5.56 Å². The zero-order valence-electron chi connectivity index (χ0n) is 9.51. The van der Waals surface area contributed by atoms with Crippen LogP contribution in [0.1, 0.15) is 21.5 Å². The van der Waals surface area contributed by atoms with Crippen molar-refractivity contribution in [3.63, 3.8) is 0 Å². The normalized spacial score (nSPS) is 10.4. The zero-order valence-corrected chi connectivity index (χ0v) is 11.7. The summed E-state index contributed by atoms with van der Waals surface area (Å²) >= 11 is 2.03. The van der Waals surface area contributed by atoms with Crippen molar-refractivity contribution in [3.8, 4) is 0 Å². The van der Waals surface area contributed by atoms with Gasteiger partial charge in [0.05, 0.1) is 5.56 Å². The minimum Gasteiger partial charge on any atom is -0.288 e. The Hall–Kier alpha value is -1.30. The molecule has 0 radical (unpaired) electrons. The van der Waals surface area contributed by atoms with Gasteiger partial charge in [-0.3, -0.25) is 4.79 Å². The summed E-state index contributed by atoms with van der Waals surface area (Å²) in [5, 5.41) is 0. The molecule has 0 N–H and O–H groups in total. The van der Waals surface area contributed by atoms with E-state index in [2.05, 4.69) is 0 Å². The second-order valence-electron chi connectivity index (χ2n) is 3.87. The van der Waals surface area contributed by atoms with Crippen LogP contribution in [0, 0.1) is 22.1 Å². The monoisotopic (exact) mass is 358 g/mol. The maximum atomic E-state index is 13.6. The van der Waals surface area contributed by atoms with Gasteiger partial charge in [-0.15, -0.1) is 0 Å². The number of ketones is 1. The highest BCUT2D eigenvalue weighted by atomic mass is 127. The Morgan fingerprint density at radius 2 is 1.67 bits per heavy atom. The number of carbonyl (C=O) groups excluding carboxylic acids is 1. The Kier molecular flexibility index (Phi) is 3.75. The van der Waals surface area contributed by atoms with Crippen molar-refractivity contribution in [1.29, 1.82) is 0 Å². The molecule has 0 fully saturated rings. The lowest BCUT2D eigenvalue weighted by Gasteiger charge is -2.07. The number of aryl methyl sites for hydroxylation is 1. The van der Waals surface area contributed by atoms with E-state index < -0.39 is 17.4 Å². The van der Waals surface area contributed by atoms with Crippen LogP contribution in [0.5, 0.6) is 0 Å². The molecule has 0 atom stereocenters. The Morgan fingerprint density at radius 1 is 1.06 bits per heavy atom. The Morgan fingerprint density at radius 3 is 2.39 bits per heavy atom. The van der Waals surface area contributed by atoms with E-state index in [1.807, 2.05) is 35.6 Å².